The summed E-state index contributed by atoms with van der Waals surface area (Å²) in [5.74, 6) is 1.17. The Hall–Kier alpha value is -3.67. The second-order valence-electron chi connectivity index (χ2n) is 12.3. The van der Waals surface area contributed by atoms with Crippen molar-refractivity contribution in [3.63, 3.8) is 0 Å². The number of hydrogen-bond acceptors (Lipinski definition) is 9. The van der Waals surface area contributed by atoms with Gasteiger partial charge in [-0.15, -0.1) is 5.10 Å². The normalized spacial score (nSPS) is 22.5. The van der Waals surface area contributed by atoms with Crippen molar-refractivity contribution in [2.45, 2.75) is 82.3 Å². The van der Waals surface area contributed by atoms with Gasteiger partial charge in [0.25, 0.3) is 15.9 Å². The Labute approximate surface area is 240 Å². The Bertz CT molecular complexity index is 1560. The first-order valence-corrected chi connectivity index (χ1v) is 15.8. The number of amides is 1. The van der Waals surface area contributed by atoms with E-state index in [1.54, 1.807) is 41.2 Å². The number of pyridine rings is 2. The van der Waals surface area contributed by atoms with Crippen LogP contribution in [0.15, 0.2) is 47.6 Å². The Kier molecular flexibility index (Phi) is 6.91. The first-order chi connectivity index (χ1) is 19.5. The number of fused-ring (bicyclic) bond motifs is 5. The summed E-state index contributed by atoms with van der Waals surface area (Å²) >= 11 is 0. The third-order valence-electron chi connectivity index (χ3n) is 8.54. The Morgan fingerprint density at radius 1 is 1.05 bits per heavy atom. The van der Waals surface area contributed by atoms with E-state index in [1.807, 2.05) is 0 Å². The number of rotatable bonds is 5. The van der Waals surface area contributed by atoms with E-state index in [2.05, 4.69) is 45.8 Å². The molecule has 1 atom stereocenters. The summed E-state index contributed by atoms with van der Waals surface area (Å²) in [6.07, 6.45) is 8.83. The summed E-state index contributed by atoms with van der Waals surface area (Å²) in [6.45, 7) is 7.79. The lowest BCUT2D eigenvalue weighted by atomic mass is 10.0. The van der Waals surface area contributed by atoms with E-state index < -0.39 is 15.9 Å². The first kappa shape index (κ1) is 27.5. The average Bonchev–Trinajstić information content (AvgIpc) is 3.34. The molecule has 2 aliphatic heterocycles. The molecular weight excluding hydrogens is 542 g/mol. The lowest BCUT2D eigenvalue weighted by Crippen LogP contribution is -2.45. The molecule has 3 aromatic rings. The monoisotopic (exact) mass is 579 g/mol. The van der Waals surface area contributed by atoms with Crippen molar-refractivity contribution < 1.29 is 17.9 Å². The second-order valence-corrected chi connectivity index (χ2v) is 13.9. The third kappa shape index (κ3) is 5.74. The number of nitrogens with zero attached hydrogens (tertiary/aromatic N) is 5. The van der Waals surface area contributed by atoms with Gasteiger partial charge in [-0.2, -0.15) is 8.42 Å². The van der Waals surface area contributed by atoms with Gasteiger partial charge in [0.05, 0.1) is 12.2 Å². The highest BCUT2D eigenvalue weighted by Gasteiger charge is 2.42. The predicted octanol–water partition coefficient (Wildman–Crippen LogP) is 4.30. The van der Waals surface area contributed by atoms with Crippen molar-refractivity contribution in [2.24, 2.45) is 5.41 Å². The van der Waals surface area contributed by atoms with Crippen LogP contribution < -0.4 is 19.7 Å². The lowest BCUT2D eigenvalue weighted by Gasteiger charge is -2.38. The smallest absolute Gasteiger partial charge is 0.281 e. The number of sulfonamides is 1. The van der Waals surface area contributed by atoms with Crippen LogP contribution in [0.3, 0.4) is 0 Å². The van der Waals surface area contributed by atoms with Crippen molar-refractivity contribution in [3.05, 3.63) is 48.2 Å². The Morgan fingerprint density at radius 2 is 1.88 bits per heavy atom. The highest BCUT2D eigenvalue weighted by molar-refractivity contribution is 7.90. The van der Waals surface area contributed by atoms with Gasteiger partial charge in [-0.1, -0.05) is 13.0 Å². The summed E-state index contributed by atoms with van der Waals surface area (Å²) in [7, 11) is -4.22. The molecule has 3 aromatic heterocycles. The molecule has 1 saturated heterocycles. The molecule has 1 saturated carbocycles. The second kappa shape index (κ2) is 10.3. The number of nitrogens with one attached hydrogen (secondary N) is 2. The SMILES string of the molecule is CC1(CCOc2ccn(-c3ccc4c(n3)N3[C@@H](CCCNc5cccc(n5)S(=O)(=O)NC4=O)CCC3(C)C)n2)CC1. The van der Waals surface area contributed by atoms with Crippen molar-refractivity contribution in [2.75, 3.05) is 23.4 Å². The van der Waals surface area contributed by atoms with Crippen LogP contribution in [0, 0.1) is 5.41 Å². The standard InChI is InChI=1S/C29H37N7O4S/c1-28(2)13-11-20-6-5-17-30-22-7-4-8-25(31-22)41(38,39)34-27(37)21-9-10-23(32-26(21)36(20)28)35-18-12-24(33-35)40-19-16-29(3)14-15-29/h4,7-10,12,18,20H,5-6,11,13-17,19H2,1-3H3,(H,30,31)(H,34,37)/t20-/m0/s1. The largest absolute Gasteiger partial charge is 0.477 e. The molecule has 0 spiro atoms. The van der Waals surface area contributed by atoms with Crippen molar-refractivity contribution in [1.82, 2.24) is 24.5 Å². The summed E-state index contributed by atoms with van der Waals surface area (Å²) in [6, 6.07) is 9.93. The van der Waals surface area contributed by atoms with E-state index in [9.17, 15) is 13.2 Å². The van der Waals surface area contributed by atoms with Crippen molar-refractivity contribution in [3.8, 4) is 11.7 Å². The number of aromatic nitrogens is 4. The van der Waals surface area contributed by atoms with Crippen LogP contribution in [0.5, 0.6) is 5.88 Å². The maximum atomic E-state index is 13.6. The highest BCUT2D eigenvalue weighted by Crippen LogP contribution is 2.48. The molecule has 1 amide bonds. The number of anilines is 2. The maximum absolute atomic E-state index is 13.6. The third-order valence-corrected chi connectivity index (χ3v) is 9.78. The van der Waals surface area contributed by atoms with Crippen LogP contribution in [0.2, 0.25) is 0 Å². The van der Waals surface area contributed by atoms with Gasteiger partial charge in [0.1, 0.15) is 11.6 Å². The molecule has 0 aromatic carbocycles. The van der Waals surface area contributed by atoms with Crippen LogP contribution >= 0.6 is 0 Å². The minimum atomic E-state index is -4.22. The quantitative estimate of drug-likeness (QED) is 0.454. The van der Waals surface area contributed by atoms with Gasteiger partial charge in [-0.3, -0.25) is 4.79 Å². The molecule has 6 rings (SSSR count). The van der Waals surface area contributed by atoms with Gasteiger partial charge in [0, 0.05) is 30.4 Å². The minimum Gasteiger partial charge on any atom is -0.477 e. The zero-order valence-electron chi connectivity index (χ0n) is 23.8. The Morgan fingerprint density at radius 3 is 2.68 bits per heavy atom. The number of hydrogen-bond donors (Lipinski definition) is 2. The molecule has 0 radical (unpaired) electrons. The molecule has 2 N–H and O–H groups in total. The van der Waals surface area contributed by atoms with Crippen molar-refractivity contribution >= 4 is 27.6 Å². The number of carbonyl (C=O) groups is 1. The van der Waals surface area contributed by atoms with Gasteiger partial charge in [0.2, 0.25) is 5.88 Å². The van der Waals surface area contributed by atoms with Crippen LogP contribution in [0.25, 0.3) is 5.82 Å². The lowest BCUT2D eigenvalue weighted by molar-refractivity contribution is 0.0981. The van der Waals surface area contributed by atoms with Gasteiger partial charge >= 0.3 is 0 Å². The fraction of sp³-hybridized carbons (Fsp3) is 0.517. The molecule has 1 aliphatic carbocycles. The van der Waals surface area contributed by atoms with E-state index in [1.165, 1.54) is 18.9 Å². The van der Waals surface area contributed by atoms with Crippen LogP contribution in [0.1, 0.15) is 76.1 Å². The van der Waals surface area contributed by atoms with E-state index in [0.29, 0.717) is 41.9 Å². The highest BCUT2D eigenvalue weighted by atomic mass is 32.2. The molecule has 218 valence electrons. The topological polar surface area (TPSA) is 131 Å². The van der Waals surface area contributed by atoms with Crippen LogP contribution in [-0.2, 0) is 10.0 Å². The molecular formula is C29H37N7O4S. The van der Waals surface area contributed by atoms with E-state index in [4.69, 9.17) is 9.72 Å². The summed E-state index contributed by atoms with van der Waals surface area (Å²) < 4.78 is 36.1. The van der Waals surface area contributed by atoms with E-state index >= 15 is 0 Å². The van der Waals surface area contributed by atoms with E-state index in [-0.39, 0.29) is 22.2 Å². The molecule has 2 fully saturated rings. The minimum absolute atomic E-state index is 0.125. The molecule has 41 heavy (non-hydrogen) atoms. The van der Waals surface area contributed by atoms with Gasteiger partial charge in [-0.05, 0) is 88.5 Å². The molecule has 2 bridgehead atoms. The zero-order valence-corrected chi connectivity index (χ0v) is 24.6. The molecule has 5 heterocycles. The first-order valence-electron chi connectivity index (χ1n) is 14.3. The summed E-state index contributed by atoms with van der Waals surface area (Å²) in [5, 5.41) is 7.57. The predicted molar refractivity (Wildman–Crippen MR) is 155 cm³/mol. The fourth-order valence-electron chi connectivity index (χ4n) is 5.75. The van der Waals surface area contributed by atoms with Crippen LogP contribution in [-0.4, -0.2) is 58.8 Å². The zero-order chi connectivity index (χ0) is 28.8. The van der Waals surface area contributed by atoms with Crippen LogP contribution in [0.4, 0.5) is 11.6 Å². The average molecular weight is 580 g/mol. The van der Waals surface area contributed by atoms with Gasteiger partial charge in [0.15, 0.2) is 10.8 Å². The number of ether oxygens (including phenoxy) is 1. The van der Waals surface area contributed by atoms with E-state index in [0.717, 1.165) is 32.1 Å². The molecule has 3 aliphatic rings. The van der Waals surface area contributed by atoms with Crippen molar-refractivity contribution in [1.29, 1.82) is 0 Å². The molecule has 0 unspecified atom stereocenters. The maximum Gasteiger partial charge on any atom is 0.281 e. The summed E-state index contributed by atoms with van der Waals surface area (Å²) in [4.78, 5) is 25.0. The van der Waals surface area contributed by atoms with Gasteiger partial charge < -0.3 is 15.0 Å². The molecule has 12 heteroatoms. The Balaban J connectivity index is 1.36. The number of carbonyl (C=O) groups excluding carboxylic acids is 1. The van der Waals surface area contributed by atoms with Gasteiger partial charge in [-0.25, -0.2) is 19.4 Å². The fourth-order valence-corrected chi connectivity index (χ4v) is 6.68. The molecule has 11 nitrogen and oxygen atoms in total. The summed E-state index contributed by atoms with van der Waals surface area (Å²) in [5.41, 5.74) is 0.290.